The van der Waals surface area contributed by atoms with E-state index in [4.69, 9.17) is 20.9 Å². The molecular formula is C13H17BClNO2. The van der Waals surface area contributed by atoms with Crippen molar-refractivity contribution in [2.75, 3.05) is 0 Å². The molecular weight excluding hydrogens is 248 g/mol. The Kier molecular flexibility index (Phi) is 3.54. The van der Waals surface area contributed by atoms with Gasteiger partial charge in [0.1, 0.15) is 0 Å². The highest BCUT2D eigenvalue weighted by Crippen LogP contribution is 2.37. The smallest absolute Gasteiger partial charge is 0.400 e. The molecule has 3 nitrogen and oxygen atoms in total. The van der Waals surface area contributed by atoms with Crippen molar-refractivity contribution < 1.29 is 9.31 Å². The molecule has 1 fully saturated rings. The summed E-state index contributed by atoms with van der Waals surface area (Å²) >= 11 is 6.03. The lowest BCUT2D eigenvalue weighted by Crippen LogP contribution is -2.41. The van der Waals surface area contributed by atoms with Gasteiger partial charge in [-0.1, -0.05) is 17.6 Å². The second kappa shape index (κ2) is 4.69. The third-order valence-electron chi connectivity index (χ3n) is 3.47. The van der Waals surface area contributed by atoms with Gasteiger partial charge in [0.25, 0.3) is 0 Å². The van der Waals surface area contributed by atoms with Crippen LogP contribution in [0, 0.1) is 0 Å². The Labute approximate surface area is 113 Å². The van der Waals surface area contributed by atoms with Gasteiger partial charge in [0.05, 0.1) is 21.9 Å². The first-order valence-corrected chi connectivity index (χ1v) is 6.34. The minimum atomic E-state index is -0.368. The Morgan fingerprint density at radius 2 is 1.83 bits per heavy atom. The van der Waals surface area contributed by atoms with Crippen LogP contribution in [0.2, 0.25) is 5.02 Å². The van der Waals surface area contributed by atoms with Crippen LogP contribution in [0.4, 0.5) is 0 Å². The third-order valence-corrected chi connectivity index (χ3v) is 3.79. The second-order valence-corrected chi connectivity index (χ2v) is 5.76. The van der Waals surface area contributed by atoms with Crippen LogP contribution in [-0.4, -0.2) is 23.3 Å². The minimum absolute atomic E-state index is 0.323. The molecule has 5 heteroatoms. The minimum Gasteiger partial charge on any atom is -0.400 e. The van der Waals surface area contributed by atoms with Crippen LogP contribution in [0.1, 0.15) is 33.4 Å². The van der Waals surface area contributed by atoms with Gasteiger partial charge < -0.3 is 9.31 Å². The molecule has 2 heterocycles. The topological polar surface area (TPSA) is 31.4 Å². The van der Waals surface area contributed by atoms with Crippen molar-refractivity contribution in [3.8, 4) is 0 Å². The van der Waals surface area contributed by atoms with Gasteiger partial charge in [0, 0.05) is 6.20 Å². The van der Waals surface area contributed by atoms with Crippen molar-refractivity contribution >= 4 is 24.8 Å². The predicted octanol–water partition coefficient (Wildman–Crippen LogP) is 3.38. The number of pyridine rings is 1. The van der Waals surface area contributed by atoms with E-state index in [2.05, 4.69) is 4.98 Å². The van der Waals surface area contributed by atoms with E-state index in [9.17, 15) is 0 Å². The molecule has 1 aliphatic rings. The number of nitrogens with zero attached hydrogens (tertiary/aromatic N) is 1. The largest absolute Gasteiger partial charge is 0.487 e. The number of aromatic nitrogens is 1. The van der Waals surface area contributed by atoms with Crippen molar-refractivity contribution in [3.05, 3.63) is 35.0 Å². The lowest BCUT2D eigenvalue weighted by Gasteiger charge is -2.32. The number of hydrogen-bond donors (Lipinski definition) is 0. The van der Waals surface area contributed by atoms with Crippen LogP contribution in [0.15, 0.2) is 24.3 Å². The van der Waals surface area contributed by atoms with E-state index in [-0.39, 0.29) is 18.3 Å². The summed E-state index contributed by atoms with van der Waals surface area (Å²) in [5.74, 6) is 1.84. The normalized spacial score (nSPS) is 21.7. The van der Waals surface area contributed by atoms with Gasteiger partial charge in [0.2, 0.25) is 0 Å². The maximum atomic E-state index is 6.03. The van der Waals surface area contributed by atoms with Crippen LogP contribution in [0.25, 0.3) is 6.08 Å². The van der Waals surface area contributed by atoms with Crippen LogP contribution < -0.4 is 0 Å². The van der Waals surface area contributed by atoms with Gasteiger partial charge in [-0.05, 0) is 45.9 Å². The summed E-state index contributed by atoms with van der Waals surface area (Å²) in [5.41, 5.74) is 0.0696. The average molecular weight is 266 g/mol. The van der Waals surface area contributed by atoms with Gasteiger partial charge in [-0.15, -0.1) is 0 Å². The monoisotopic (exact) mass is 265 g/mol. The zero-order chi connectivity index (χ0) is 13.4. The standard InChI is InChI=1S/C13H17BClNO2/c1-12(2)13(3,4)18-14(17-12)8-7-11-10(15)6-5-9-16-11/h5-9H,1-4H3/b8-7+. The Morgan fingerprint density at radius 3 is 2.39 bits per heavy atom. The zero-order valence-corrected chi connectivity index (χ0v) is 11.9. The number of halogens is 1. The molecule has 0 saturated carbocycles. The predicted molar refractivity (Wildman–Crippen MR) is 74.4 cm³/mol. The fourth-order valence-electron chi connectivity index (χ4n) is 1.66. The molecule has 0 amide bonds. The summed E-state index contributed by atoms with van der Waals surface area (Å²) in [4.78, 5) is 4.18. The molecule has 2 rings (SSSR count). The molecule has 96 valence electrons. The Balaban J connectivity index is 2.11. The van der Waals surface area contributed by atoms with Crippen LogP contribution in [0.5, 0.6) is 0 Å². The van der Waals surface area contributed by atoms with E-state index < -0.39 is 0 Å². The maximum absolute atomic E-state index is 6.03. The lowest BCUT2D eigenvalue weighted by atomic mass is 9.89. The Morgan fingerprint density at radius 1 is 1.22 bits per heavy atom. The van der Waals surface area contributed by atoms with Gasteiger partial charge in [0.15, 0.2) is 0 Å². The molecule has 0 spiro atoms. The summed E-state index contributed by atoms with van der Waals surface area (Å²) < 4.78 is 11.7. The maximum Gasteiger partial charge on any atom is 0.487 e. The highest BCUT2D eigenvalue weighted by atomic mass is 35.5. The molecule has 1 aliphatic heterocycles. The first kappa shape index (κ1) is 13.6. The van der Waals surface area contributed by atoms with E-state index in [1.807, 2.05) is 39.7 Å². The number of rotatable bonds is 2. The summed E-state index contributed by atoms with van der Waals surface area (Å²) in [6.45, 7) is 8.09. The fraction of sp³-hybridized carbons (Fsp3) is 0.462. The molecule has 0 aliphatic carbocycles. The number of hydrogen-bond acceptors (Lipinski definition) is 3. The molecule has 0 bridgehead atoms. The third kappa shape index (κ3) is 2.61. The second-order valence-electron chi connectivity index (χ2n) is 5.35. The van der Waals surface area contributed by atoms with E-state index >= 15 is 0 Å². The first-order valence-electron chi connectivity index (χ1n) is 5.96. The zero-order valence-electron chi connectivity index (χ0n) is 11.1. The molecule has 1 aromatic heterocycles. The molecule has 0 unspecified atom stereocenters. The summed E-state index contributed by atoms with van der Waals surface area (Å²) in [5, 5.41) is 0.616. The van der Waals surface area contributed by atoms with Crippen molar-refractivity contribution in [2.24, 2.45) is 0 Å². The van der Waals surface area contributed by atoms with Crippen molar-refractivity contribution in [1.29, 1.82) is 0 Å². The van der Waals surface area contributed by atoms with E-state index in [0.717, 1.165) is 0 Å². The SMILES string of the molecule is CC1(C)OB(/C=C/c2ncccc2Cl)OC1(C)C. The molecule has 0 N–H and O–H groups in total. The van der Waals surface area contributed by atoms with E-state index in [1.165, 1.54) is 0 Å². The summed E-state index contributed by atoms with van der Waals surface area (Å²) in [6, 6.07) is 3.60. The molecule has 1 saturated heterocycles. The van der Waals surface area contributed by atoms with Crippen LogP contribution >= 0.6 is 11.6 Å². The van der Waals surface area contributed by atoms with Gasteiger partial charge >= 0.3 is 7.12 Å². The van der Waals surface area contributed by atoms with Crippen LogP contribution in [0.3, 0.4) is 0 Å². The molecule has 0 radical (unpaired) electrons. The highest BCUT2D eigenvalue weighted by molar-refractivity contribution is 6.52. The van der Waals surface area contributed by atoms with Gasteiger partial charge in [-0.2, -0.15) is 0 Å². The van der Waals surface area contributed by atoms with Crippen molar-refractivity contribution in [1.82, 2.24) is 4.98 Å². The summed E-state index contributed by atoms with van der Waals surface area (Å²) in [6.07, 6.45) is 3.53. The highest BCUT2D eigenvalue weighted by Gasteiger charge is 2.49. The lowest BCUT2D eigenvalue weighted by molar-refractivity contribution is 0.00578. The summed E-state index contributed by atoms with van der Waals surface area (Å²) in [7, 11) is -0.368. The van der Waals surface area contributed by atoms with Gasteiger partial charge in [-0.3, -0.25) is 4.98 Å². The first-order chi connectivity index (χ1) is 8.32. The quantitative estimate of drug-likeness (QED) is 0.768. The molecule has 18 heavy (non-hydrogen) atoms. The molecule has 0 atom stereocenters. The molecule has 1 aromatic rings. The van der Waals surface area contributed by atoms with Crippen molar-refractivity contribution in [3.63, 3.8) is 0 Å². The van der Waals surface area contributed by atoms with E-state index in [0.29, 0.717) is 10.7 Å². The van der Waals surface area contributed by atoms with E-state index in [1.54, 1.807) is 18.3 Å². The average Bonchev–Trinajstić information content (AvgIpc) is 2.46. The molecule has 0 aromatic carbocycles. The van der Waals surface area contributed by atoms with Crippen molar-refractivity contribution in [2.45, 2.75) is 38.9 Å². The van der Waals surface area contributed by atoms with Crippen LogP contribution in [-0.2, 0) is 9.31 Å². The fourth-order valence-corrected chi connectivity index (χ4v) is 1.84. The van der Waals surface area contributed by atoms with Gasteiger partial charge in [-0.25, -0.2) is 0 Å². The Hall–Kier alpha value is -0.835. The Bertz CT molecular complexity index is 458.